The summed E-state index contributed by atoms with van der Waals surface area (Å²) in [4.78, 5) is 16.5. The van der Waals surface area contributed by atoms with Crippen molar-refractivity contribution in [1.82, 2.24) is 4.98 Å². The predicted octanol–water partition coefficient (Wildman–Crippen LogP) is 4.31. The molecule has 1 aromatic carbocycles. The summed E-state index contributed by atoms with van der Waals surface area (Å²) in [6, 6.07) is 8.88. The fraction of sp³-hybridized carbons (Fsp3) is 0.294. The minimum atomic E-state index is -0.274. The zero-order chi connectivity index (χ0) is 16.9. The Morgan fingerprint density at radius 1 is 1.29 bits per heavy atom. The minimum Gasteiger partial charge on any atom is -0.473 e. The number of halogens is 2. The van der Waals surface area contributed by atoms with Crippen molar-refractivity contribution in [2.24, 2.45) is 0 Å². The van der Waals surface area contributed by atoms with Gasteiger partial charge in [0.05, 0.1) is 18.8 Å². The van der Waals surface area contributed by atoms with Gasteiger partial charge in [0.1, 0.15) is 11.1 Å². The molecule has 1 saturated heterocycles. The first kappa shape index (κ1) is 17.2. The van der Waals surface area contributed by atoms with Gasteiger partial charge in [-0.1, -0.05) is 27.5 Å². The molecule has 3 rings (SSSR count). The Bertz CT molecular complexity index is 718. The summed E-state index contributed by atoms with van der Waals surface area (Å²) in [6.07, 6.45) is 3.13. The van der Waals surface area contributed by atoms with Gasteiger partial charge in [0.15, 0.2) is 0 Å². The number of carbonyl (C=O) groups is 1. The van der Waals surface area contributed by atoms with Gasteiger partial charge in [-0.15, -0.1) is 0 Å². The molecular weight excluding hydrogens is 396 g/mol. The highest BCUT2D eigenvalue weighted by Crippen LogP contribution is 2.26. The number of amides is 1. The number of ether oxygens (including phenoxy) is 2. The molecule has 0 bridgehead atoms. The molecule has 7 heteroatoms. The topological polar surface area (TPSA) is 60.5 Å². The highest BCUT2D eigenvalue weighted by Gasteiger charge is 2.18. The third kappa shape index (κ3) is 4.47. The van der Waals surface area contributed by atoms with E-state index in [1.807, 2.05) is 12.1 Å². The van der Waals surface area contributed by atoms with Crippen LogP contribution in [0, 0.1) is 0 Å². The van der Waals surface area contributed by atoms with E-state index in [1.54, 1.807) is 18.2 Å². The Labute approximate surface area is 153 Å². The lowest BCUT2D eigenvalue weighted by molar-refractivity contribution is 0.0238. The van der Waals surface area contributed by atoms with Crippen LogP contribution in [0.25, 0.3) is 0 Å². The van der Waals surface area contributed by atoms with Crippen LogP contribution in [0.5, 0.6) is 5.88 Å². The normalized spacial score (nSPS) is 15.1. The summed E-state index contributed by atoms with van der Waals surface area (Å²) in [5.74, 6) is 0.0769. The van der Waals surface area contributed by atoms with Crippen LogP contribution in [0.4, 0.5) is 5.69 Å². The molecule has 1 aromatic heterocycles. The predicted molar refractivity (Wildman–Crippen MR) is 95.8 cm³/mol. The SMILES string of the molecule is O=C(Nc1ccc(Br)cc1)c1cnc(OC2CCOCC2)c(Cl)c1. The van der Waals surface area contributed by atoms with E-state index in [9.17, 15) is 4.79 Å². The average Bonchev–Trinajstić information content (AvgIpc) is 2.59. The second-order valence-electron chi connectivity index (χ2n) is 5.40. The molecule has 0 saturated carbocycles. The fourth-order valence-electron chi connectivity index (χ4n) is 2.32. The summed E-state index contributed by atoms with van der Waals surface area (Å²) in [7, 11) is 0. The first-order chi connectivity index (χ1) is 11.6. The number of anilines is 1. The Balaban J connectivity index is 1.66. The van der Waals surface area contributed by atoms with Gasteiger partial charge in [0, 0.05) is 29.2 Å². The smallest absolute Gasteiger partial charge is 0.257 e. The average molecular weight is 412 g/mol. The number of nitrogens with zero attached hydrogens (tertiary/aromatic N) is 1. The molecule has 1 aliphatic rings. The number of hydrogen-bond donors (Lipinski definition) is 1. The van der Waals surface area contributed by atoms with Crippen molar-refractivity contribution in [2.45, 2.75) is 18.9 Å². The second-order valence-corrected chi connectivity index (χ2v) is 6.72. The molecule has 1 N–H and O–H groups in total. The van der Waals surface area contributed by atoms with E-state index in [0.29, 0.717) is 35.4 Å². The molecule has 1 aliphatic heterocycles. The zero-order valence-electron chi connectivity index (χ0n) is 12.8. The monoisotopic (exact) mass is 410 g/mol. The summed E-state index contributed by atoms with van der Waals surface area (Å²) >= 11 is 9.56. The Morgan fingerprint density at radius 3 is 2.67 bits per heavy atom. The summed E-state index contributed by atoms with van der Waals surface area (Å²) in [6.45, 7) is 1.35. The van der Waals surface area contributed by atoms with E-state index in [-0.39, 0.29) is 12.0 Å². The van der Waals surface area contributed by atoms with E-state index < -0.39 is 0 Å². The molecule has 2 heterocycles. The van der Waals surface area contributed by atoms with Crippen LogP contribution < -0.4 is 10.1 Å². The highest BCUT2D eigenvalue weighted by molar-refractivity contribution is 9.10. The van der Waals surface area contributed by atoms with Gasteiger partial charge in [-0.05, 0) is 30.3 Å². The third-order valence-corrected chi connectivity index (χ3v) is 4.42. The van der Waals surface area contributed by atoms with E-state index in [2.05, 4.69) is 26.2 Å². The van der Waals surface area contributed by atoms with Crippen LogP contribution in [0.2, 0.25) is 5.02 Å². The van der Waals surface area contributed by atoms with Crippen LogP contribution in [0.1, 0.15) is 23.2 Å². The first-order valence-electron chi connectivity index (χ1n) is 7.58. The van der Waals surface area contributed by atoms with E-state index in [0.717, 1.165) is 17.3 Å². The number of aromatic nitrogens is 1. The maximum Gasteiger partial charge on any atom is 0.257 e. The van der Waals surface area contributed by atoms with Gasteiger partial charge in [0.25, 0.3) is 5.91 Å². The van der Waals surface area contributed by atoms with Crippen LogP contribution >= 0.6 is 27.5 Å². The number of benzene rings is 1. The van der Waals surface area contributed by atoms with Crippen molar-refractivity contribution in [1.29, 1.82) is 0 Å². The lowest BCUT2D eigenvalue weighted by Gasteiger charge is -2.23. The number of rotatable bonds is 4. The standard InChI is InChI=1S/C17H16BrClN2O3/c18-12-1-3-13(4-2-12)21-16(22)11-9-15(19)17(20-10-11)24-14-5-7-23-8-6-14/h1-4,9-10,14H,5-8H2,(H,21,22). The van der Waals surface area contributed by atoms with Crippen LogP contribution in [0.3, 0.4) is 0 Å². The molecule has 2 aromatic rings. The minimum absolute atomic E-state index is 0.0474. The quantitative estimate of drug-likeness (QED) is 0.814. The lowest BCUT2D eigenvalue weighted by Crippen LogP contribution is -2.26. The fourth-order valence-corrected chi connectivity index (χ4v) is 2.80. The van der Waals surface area contributed by atoms with Crippen LogP contribution in [0.15, 0.2) is 41.0 Å². The summed E-state index contributed by atoms with van der Waals surface area (Å²) in [5.41, 5.74) is 1.07. The number of pyridine rings is 1. The van der Waals surface area contributed by atoms with Gasteiger partial charge in [0.2, 0.25) is 5.88 Å². The number of hydrogen-bond acceptors (Lipinski definition) is 4. The molecule has 1 fully saturated rings. The van der Waals surface area contributed by atoms with Gasteiger partial charge in [-0.3, -0.25) is 4.79 Å². The molecule has 0 aliphatic carbocycles. The largest absolute Gasteiger partial charge is 0.473 e. The van der Waals surface area contributed by atoms with Crippen molar-refractivity contribution in [2.75, 3.05) is 18.5 Å². The Morgan fingerprint density at radius 2 is 2.00 bits per heavy atom. The molecule has 0 radical (unpaired) electrons. The Kier molecular flexibility index (Phi) is 5.71. The van der Waals surface area contributed by atoms with Crippen molar-refractivity contribution in [3.63, 3.8) is 0 Å². The highest BCUT2D eigenvalue weighted by atomic mass is 79.9. The maximum absolute atomic E-state index is 12.3. The van der Waals surface area contributed by atoms with Gasteiger partial charge >= 0.3 is 0 Å². The molecule has 5 nitrogen and oxygen atoms in total. The molecular formula is C17H16BrClN2O3. The molecule has 0 atom stereocenters. The lowest BCUT2D eigenvalue weighted by atomic mass is 10.1. The van der Waals surface area contributed by atoms with E-state index in [1.165, 1.54) is 6.20 Å². The molecule has 1 amide bonds. The van der Waals surface area contributed by atoms with Gasteiger partial charge in [-0.25, -0.2) is 4.98 Å². The first-order valence-corrected chi connectivity index (χ1v) is 8.76. The second kappa shape index (κ2) is 7.96. The van der Waals surface area contributed by atoms with Crippen LogP contribution in [-0.2, 0) is 4.74 Å². The molecule has 0 spiro atoms. The van der Waals surface area contributed by atoms with Gasteiger partial charge < -0.3 is 14.8 Å². The van der Waals surface area contributed by atoms with Crippen molar-refractivity contribution in [3.8, 4) is 5.88 Å². The maximum atomic E-state index is 12.3. The summed E-state index contributed by atoms with van der Waals surface area (Å²) in [5, 5.41) is 3.12. The zero-order valence-corrected chi connectivity index (χ0v) is 15.1. The van der Waals surface area contributed by atoms with Crippen molar-refractivity contribution < 1.29 is 14.3 Å². The molecule has 24 heavy (non-hydrogen) atoms. The molecule has 0 unspecified atom stereocenters. The van der Waals surface area contributed by atoms with E-state index in [4.69, 9.17) is 21.1 Å². The van der Waals surface area contributed by atoms with Gasteiger partial charge in [-0.2, -0.15) is 0 Å². The number of carbonyl (C=O) groups excluding carboxylic acids is 1. The van der Waals surface area contributed by atoms with Crippen molar-refractivity contribution >= 4 is 39.1 Å². The summed E-state index contributed by atoms with van der Waals surface area (Å²) < 4.78 is 12.0. The van der Waals surface area contributed by atoms with Crippen LogP contribution in [-0.4, -0.2) is 30.2 Å². The molecule has 126 valence electrons. The van der Waals surface area contributed by atoms with Crippen molar-refractivity contribution in [3.05, 3.63) is 51.6 Å². The number of nitrogens with one attached hydrogen (secondary N) is 1. The van der Waals surface area contributed by atoms with E-state index >= 15 is 0 Å². The third-order valence-electron chi connectivity index (χ3n) is 3.62. The Hall–Kier alpha value is -1.63.